The first kappa shape index (κ1) is 22.1. The second-order valence-electron chi connectivity index (χ2n) is 7.35. The van der Waals surface area contributed by atoms with Gasteiger partial charge < -0.3 is 19.9 Å². The van der Waals surface area contributed by atoms with Crippen LogP contribution in [0, 0.1) is 6.92 Å². The van der Waals surface area contributed by atoms with E-state index in [1.807, 2.05) is 31.2 Å². The third kappa shape index (κ3) is 5.57. The van der Waals surface area contributed by atoms with E-state index in [0.717, 1.165) is 17.2 Å². The average Bonchev–Trinajstić information content (AvgIpc) is 2.79. The summed E-state index contributed by atoms with van der Waals surface area (Å²) < 4.78 is 5.56. The van der Waals surface area contributed by atoms with Crippen LogP contribution >= 0.6 is 23.2 Å². The summed E-state index contributed by atoms with van der Waals surface area (Å²) in [4.78, 5) is 20.6. The fourth-order valence-electron chi connectivity index (χ4n) is 3.30. The van der Waals surface area contributed by atoms with Crippen molar-refractivity contribution in [2.45, 2.75) is 6.92 Å². The van der Waals surface area contributed by atoms with Gasteiger partial charge in [-0.15, -0.1) is 10.2 Å². The Kier molecular flexibility index (Phi) is 6.92. The summed E-state index contributed by atoms with van der Waals surface area (Å²) >= 11 is 12.0. The molecule has 1 saturated heterocycles. The molecule has 0 radical (unpaired) electrons. The highest BCUT2D eigenvalue weighted by Gasteiger charge is 2.22. The van der Waals surface area contributed by atoms with Crippen molar-refractivity contribution >= 4 is 46.6 Å². The van der Waals surface area contributed by atoms with Gasteiger partial charge in [0.2, 0.25) is 0 Å². The lowest BCUT2D eigenvalue weighted by molar-refractivity contribution is -0.133. The van der Waals surface area contributed by atoms with E-state index in [0.29, 0.717) is 47.8 Å². The van der Waals surface area contributed by atoms with Crippen LogP contribution in [0.3, 0.4) is 0 Å². The quantitative estimate of drug-likeness (QED) is 0.580. The lowest BCUT2D eigenvalue weighted by Gasteiger charge is -2.35. The van der Waals surface area contributed by atoms with E-state index in [4.69, 9.17) is 27.9 Å². The number of rotatable bonds is 6. The second-order valence-corrected chi connectivity index (χ2v) is 8.20. The fourth-order valence-corrected chi connectivity index (χ4v) is 3.77. The van der Waals surface area contributed by atoms with E-state index in [2.05, 4.69) is 25.4 Å². The standard InChI is InChI=1S/C22H22Cl2N6O2/c1-15-6-7-25-20(12-15)26-19-4-5-21(28-27-19)29-8-10-30(11-9-29)22(31)14-32-18-3-2-16(23)13-17(18)24/h2-7,12-13H,8-11,14H2,1H3,(H,25,26,27). The maximum atomic E-state index is 12.5. The van der Waals surface area contributed by atoms with Gasteiger partial charge in [-0.25, -0.2) is 4.98 Å². The van der Waals surface area contributed by atoms with Gasteiger partial charge in [0.1, 0.15) is 11.6 Å². The highest BCUT2D eigenvalue weighted by Crippen LogP contribution is 2.27. The summed E-state index contributed by atoms with van der Waals surface area (Å²) in [5.41, 5.74) is 1.11. The smallest absolute Gasteiger partial charge is 0.260 e. The molecule has 2 aromatic heterocycles. The largest absolute Gasteiger partial charge is 0.482 e. The van der Waals surface area contributed by atoms with Crippen molar-refractivity contribution in [1.29, 1.82) is 0 Å². The molecular formula is C22H22Cl2N6O2. The predicted molar refractivity (Wildman–Crippen MR) is 125 cm³/mol. The zero-order valence-electron chi connectivity index (χ0n) is 17.5. The van der Waals surface area contributed by atoms with Crippen LogP contribution < -0.4 is 15.0 Å². The molecular weight excluding hydrogens is 451 g/mol. The average molecular weight is 473 g/mol. The van der Waals surface area contributed by atoms with Crippen molar-refractivity contribution in [2.24, 2.45) is 0 Å². The molecule has 0 atom stereocenters. The Hall–Kier alpha value is -3.10. The van der Waals surface area contributed by atoms with Crippen LogP contribution in [-0.4, -0.2) is 58.8 Å². The van der Waals surface area contributed by atoms with Gasteiger partial charge in [0.05, 0.1) is 5.02 Å². The first-order chi connectivity index (χ1) is 15.5. The minimum Gasteiger partial charge on any atom is -0.482 e. The van der Waals surface area contributed by atoms with Gasteiger partial charge in [0, 0.05) is 37.4 Å². The van der Waals surface area contributed by atoms with Crippen LogP contribution in [0.15, 0.2) is 48.7 Å². The number of amides is 1. The lowest BCUT2D eigenvalue weighted by atomic mass is 10.3. The monoisotopic (exact) mass is 472 g/mol. The molecule has 1 amide bonds. The van der Waals surface area contributed by atoms with Gasteiger partial charge in [0.25, 0.3) is 5.91 Å². The molecule has 1 aliphatic heterocycles. The zero-order valence-corrected chi connectivity index (χ0v) is 19.0. The van der Waals surface area contributed by atoms with Gasteiger partial charge >= 0.3 is 0 Å². The number of hydrogen-bond acceptors (Lipinski definition) is 7. The van der Waals surface area contributed by atoms with Crippen molar-refractivity contribution in [3.05, 3.63) is 64.3 Å². The molecule has 0 aliphatic carbocycles. The molecule has 32 heavy (non-hydrogen) atoms. The minimum atomic E-state index is -0.0908. The Morgan fingerprint density at radius 2 is 1.84 bits per heavy atom. The third-order valence-corrected chi connectivity index (χ3v) is 5.55. The minimum absolute atomic E-state index is 0.0749. The summed E-state index contributed by atoms with van der Waals surface area (Å²) in [7, 11) is 0. The number of benzene rings is 1. The number of carbonyl (C=O) groups excluding carboxylic acids is 1. The molecule has 0 spiro atoms. The summed E-state index contributed by atoms with van der Waals surface area (Å²) in [5.74, 6) is 2.46. The third-order valence-electron chi connectivity index (χ3n) is 5.02. The Bertz CT molecular complexity index is 1090. The maximum Gasteiger partial charge on any atom is 0.260 e. The molecule has 4 rings (SSSR count). The number of nitrogens with one attached hydrogen (secondary N) is 1. The van der Waals surface area contributed by atoms with Gasteiger partial charge in [-0.2, -0.15) is 0 Å². The van der Waals surface area contributed by atoms with E-state index in [1.165, 1.54) is 0 Å². The van der Waals surface area contributed by atoms with Crippen molar-refractivity contribution in [3.8, 4) is 5.75 Å². The van der Waals surface area contributed by atoms with E-state index < -0.39 is 0 Å². The number of aryl methyl sites for hydroxylation is 1. The number of carbonyl (C=O) groups is 1. The molecule has 0 bridgehead atoms. The first-order valence-corrected chi connectivity index (χ1v) is 10.9. The number of ether oxygens (including phenoxy) is 1. The van der Waals surface area contributed by atoms with Crippen molar-refractivity contribution in [2.75, 3.05) is 43.0 Å². The van der Waals surface area contributed by atoms with E-state index >= 15 is 0 Å². The van der Waals surface area contributed by atoms with Gasteiger partial charge in [0.15, 0.2) is 18.2 Å². The number of aromatic nitrogens is 3. The predicted octanol–water partition coefficient (Wildman–Crippen LogP) is 3.96. The summed E-state index contributed by atoms with van der Waals surface area (Å²) in [6.45, 7) is 4.40. The van der Waals surface area contributed by atoms with Gasteiger partial charge in [-0.1, -0.05) is 23.2 Å². The maximum absolute atomic E-state index is 12.5. The molecule has 8 nitrogen and oxygen atoms in total. The van der Waals surface area contributed by atoms with Crippen LogP contribution in [0.4, 0.5) is 17.5 Å². The number of hydrogen-bond donors (Lipinski definition) is 1. The number of nitrogens with zero attached hydrogens (tertiary/aromatic N) is 5. The van der Waals surface area contributed by atoms with Crippen molar-refractivity contribution < 1.29 is 9.53 Å². The van der Waals surface area contributed by atoms with Gasteiger partial charge in [-0.05, 0) is 55.0 Å². The molecule has 1 fully saturated rings. The Morgan fingerprint density at radius 3 is 2.53 bits per heavy atom. The SMILES string of the molecule is Cc1ccnc(Nc2ccc(N3CCN(C(=O)COc4ccc(Cl)cc4Cl)CC3)nn2)c1. The number of pyridine rings is 1. The Morgan fingerprint density at radius 1 is 1.03 bits per heavy atom. The molecule has 3 heterocycles. The molecule has 3 aromatic rings. The highest BCUT2D eigenvalue weighted by atomic mass is 35.5. The van der Waals surface area contributed by atoms with E-state index in [9.17, 15) is 4.79 Å². The Balaban J connectivity index is 1.27. The summed E-state index contributed by atoms with van der Waals surface area (Å²) in [5, 5.41) is 12.6. The highest BCUT2D eigenvalue weighted by molar-refractivity contribution is 6.35. The normalized spacial score (nSPS) is 13.7. The molecule has 0 unspecified atom stereocenters. The summed E-state index contributed by atoms with van der Waals surface area (Å²) in [6, 6.07) is 12.6. The molecule has 1 aliphatic rings. The van der Waals surface area contributed by atoms with E-state index in [-0.39, 0.29) is 12.5 Å². The summed E-state index contributed by atoms with van der Waals surface area (Å²) in [6.07, 6.45) is 1.75. The van der Waals surface area contributed by atoms with Crippen LogP contribution in [0.1, 0.15) is 5.56 Å². The number of anilines is 3. The van der Waals surface area contributed by atoms with Crippen LogP contribution in [0.25, 0.3) is 0 Å². The van der Waals surface area contributed by atoms with E-state index in [1.54, 1.807) is 29.3 Å². The van der Waals surface area contributed by atoms with Crippen LogP contribution in [-0.2, 0) is 4.79 Å². The van der Waals surface area contributed by atoms with Crippen molar-refractivity contribution in [1.82, 2.24) is 20.1 Å². The Labute approximate surface area is 196 Å². The second kappa shape index (κ2) is 10.0. The molecule has 1 aromatic carbocycles. The lowest BCUT2D eigenvalue weighted by Crippen LogP contribution is -2.50. The zero-order chi connectivity index (χ0) is 22.5. The van der Waals surface area contributed by atoms with Crippen LogP contribution in [0.2, 0.25) is 10.0 Å². The van der Waals surface area contributed by atoms with Crippen LogP contribution in [0.5, 0.6) is 5.75 Å². The number of halogens is 2. The van der Waals surface area contributed by atoms with Gasteiger partial charge in [-0.3, -0.25) is 4.79 Å². The number of piperazine rings is 1. The molecule has 166 valence electrons. The molecule has 0 saturated carbocycles. The van der Waals surface area contributed by atoms with Crippen molar-refractivity contribution in [3.63, 3.8) is 0 Å². The first-order valence-electron chi connectivity index (χ1n) is 10.1. The topological polar surface area (TPSA) is 83.5 Å². The molecule has 10 heteroatoms. The molecule has 1 N–H and O–H groups in total. The fraction of sp³-hybridized carbons (Fsp3) is 0.273.